The highest BCUT2D eigenvalue weighted by Gasteiger charge is 2.53. The lowest BCUT2D eigenvalue weighted by atomic mass is 9.79. The van der Waals surface area contributed by atoms with Gasteiger partial charge in [-0.2, -0.15) is 0 Å². The number of hydrogen-bond donors (Lipinski definition) is 1. The smallest absolute Gasteiger partial charge is 0.309 e. The Morgan fingerprint density at radius 3 is 2.79 bits per heavy atom. The number of hydrogen-bond acceptors (Lipinski definition) is 4. The summed E-state index contributed by atoms with van der Waals surface area (Å²) >= 11 is 0. The number of carbonyl (C=O) groups is 2. The van der Waals surface area contributed by atoms with E-state index in [-0.39, 0.29) is 48.1 Å². The zero-order valence-electron chi connectivity index (χ0n) is 11.4. The molecule has 0 amide bonds. The Labute approximate surface area is 112 Å². The van der Waals surface area contributed by atoms with Crippen molar-refractivity contribution in [2.45, 2.75) is 39.2 Å². The fourth-order valence-corrected chi connectivity index (χ4v) is 4.09. The van der Waals surface area contributed by atoms with E-state index in [0.717, 1.165) is 24.0 Å². The summed E-state index contributed by atoms with van der Waals surface area (Å²) in [5, 5.41) is 9.54. The maximum absolute atomic E-state index is 12.2. The standard InChI is InChI=1S/C15H20O4/c1-7-3-4-10-8(2)15(18)19-14(10)13-9(6-16)5-11(17)12(7)13/h8-10,13-14,16H,3-6H2,1-2H3/t8-,9-,10-,13-,14-/m0/s1. The van der Waals surface area contributed by atoms with Crippen LogP contribution >= 0.6 is 0 Å². The van der Waals surface area contributed by atoms with Crippen molar-refractivity contribution in [1.82, 2.24) is 0 Å². The molecule has 4 nitrogen and oxygen atoms in total. The second-order valence-electron chi connectivity index (χ2n) is 6.18. The molecule has 2 fully saturated rings. The van der Waals surface area contributed by atoms with E-state index in [2.05, 4.69) is 0 Å². The minimum atomic E-state index is -0.210. The van der Waals surface area contributed by atoms with Gasteiger partial charge in [0.1, 0.15) is 6.10 Å². The number of allylic oxidation sites excluding steroid dienone is 1. The average molecular weight is 264 g/mol. The van der Waals surface area contributed by atoms with Crippen LogP contribution in [0.5, 0.6) is 0 Å². The highest BCUT2D eigenvalue weighted by molar-refractivity contribution is 5.99. The maximum Gasteiger partial charge on any atom is 0.309 e. The summed E-state index contributed by atoms with van der Waals surface area (Å²) in [4.78, 5) is 24.0. The van der Waals surface area contributed by atoms with Crippen LogP contribution < -0.4 is 0 Å². The summed E-state index contributed by atoms with van der Waals surface area (Å²) in [5.41, 5.74) is 1.97. The topological polar surface area (TPSA) is 63.6 Å². The first kappa shape index (κ1) is 12.9. The van der Waals surface area contributed by atoms with Crippen molar-refractivity contribution < 1.29 is 19.4 Å². The predicted molar refractivity (Wildman–Crippen MR) is 68.2 cm³/mol. The first-order valence-corrected chi connectivity index (χ1v) is 7.08. The van der Waals surface area contributed by atoms with E-state index < -0.39 is 0 Å². The van der Waals surface area contributed by atoms with Gasteiger partial charge in [0, 0.05) is 30.4 Å². The van der Waals surface area contributed by atoms with Crippen LogP contribution in [0.2, 0.25) is 0 Å². The fourth-order valence-electron chi connectivity index (χ4n) is 4.09. The molecule has 3 aliphatic rings. The van der Waals surface area contributed by atoms with Gasteiger partial charge in [0.25, 0.3) is 0 Å². The average Bonchev–Trinajstić information content (AvgIpc) is 2.80. The molecule has 4 heteroatoms. The molecule has 0 radical (unpaired) electrons. The van der Waals surface area contributed by atoms with Crippen molar-refractivity contribution in [3.05, 3.63) is 11.1 Å². The van der Waals surface area contributed by atoms with Crippen LogP contribution in [-0.4, -0.2) is 29.6 Å². The molecule has 2 aliphatic carbocycles. The van der Waals surface area contributed by atoms with Crippen LogP contribution in [0.25, 0.3) is 0 Å². The summed E-state index contributed by atoms with van der Waals surface area (Å²) in [6.07, 6.45) is 1.94. The van der Waals surface area contributed by atoms with Crippen molar-refractivity contribution in [3.63, 3.8) is 0 Å². The Morgan fingerprint density at radius 1 is 1.37 bits per heavy atom. The normalized spacial score (nSPS) is 41.9. The molecular weight excluding hydrogens is 244 g/mol. The number of rotatable bonds is 1. The molecule has 0 unspecified atom stereocenters. The molecule has 0 aromatic heterocycles. The number of ketones is 1. The highest BCUT2D eigenvalue weighted by Crippen LogP contribution is 2.49. The third-order valence-electron chi connectivity index (χ3n) is 5.18. The summed E-state index contributed by atoms with van der Waals surface area (Å²) in [5.74, 6) is -0.0834. The molecule has 1 saturated heterocycles. The molecule has 19 heavy (non-hydrogen) atoms. The van der Waals surface area contributed by atoms with E-state index in [4.69, 9.17) is 4.74 Å². The van der Waals surface area contributed by atoms with Gasteiger partial charge in [-0.1, -0.05) is 12.5 Å². The van der Waals surface area contributed by atoms with Gasteiger partial charge in [-0.3, -0.25) is 9.59 Å². The number of Topliss-reactive ketones (excluding diaryl/α,β-unsaturated/α-hetero) is 1. The number of esters is 1. The van der Waals surface area contributed by atoms with Gasteiger partial charge in [-0.05, 0) is 25.7 Å². The number of carbonyl (C=O) groups excluding carboxylic acids is 2. The summed E-state index contributed by atoms with van der Waals surface area (Å²) < 4.78 is 5.56. The maximum atomic E-state index is 12.2. The molecule has 0 aromatic carbocycles. The number of aliphatic hydroxyl groups excluding tert-OH is 1. The first-order chi connectivity index (χ1) is 9.04. The molecule has 1 saturated carbocycles. The van der Waals surface area contributed by atoms with Crippen molar-refractivity contribution in [2.24, 2.45) is 23.7 Å². The largest absolute Gasteiger partial charge is 0.461 e. The number of ether oxygens (including phenoxy) is 1. The zero-order chi connectivity index (χ0) is 13.7. The molecule has 1 N–H and O–H groups in total. The fraction of sp³-hybridized carbons (Fsp3) is 0.733. The van der Waals surface area contributed by atoms with Crippen molar-refractivity contribution in [2.75, 3.05) is 6.61 Å². The lowest BCUT2D eigenvalue weighted by Gasteiger charge is -2.26. The predicted octanol–water partition coefficient (Wildman–Crippen LogP) is 1.47. The minimum absolute atomic E-state index is 0.0116. The summed E-state index contributed by atoms with van der Waals surface area (Å²) in [7, 11) is 0. The summed E-state index contributed by atoms with van der Waals surface area (Å²) in [6.45, 7) is 3.91. The molecule has 5 atom stereocenters. The molecule has 104 valence electrons. The van der Waals surface area contributed by atoms with Crippen LogP contribution in [0.3, 0.4) is 0 Å². The van der Waals surface area contributed by atoms with Crippen LogP contribution in [0, 0.1) is 23.7 Å². The Bertz CT molecular complexity index is 465. The van der Waals surface area contributed by atoms with Gasteiger partial charge in [0.15, 0.2) is 5.78 Å². The third-order valence-corrected chi connectivity index (χ3v) is 5.18. The van der Waals surface area contributed by atoms with E-state index >= 15 is 0 Å². The third kappa shape index (κ3) is 1.76. The molecule has 1 aliphatic heterocycles. The SMILES string of the molecule is CC1=C2C(=O)C[C@@H](CO)[C@@H]2[C@H]2OC(=O)[C@@H](C)[C@@H]2CC1. The molecule has 1 heterocycles. The number of fused-ring (bicyclic) bond motifs is 3. The van der Waals surface area contributed by atoms with Gasteiger partial charge in [-0.25, -0.2) is 0 Å². The van der Waals surface area contributed by atoms with Gasteiger partial charge in [-0.15, -0.1) is 0 Å². The Kier molecular flexibility index (Phi) is 3.01. The van der Waals surface area contributed by atoms with Gasteiger partial charge < -0.3 is 9.84 Å². The highest BCUT2D eigenvalue weighted by atomic mass is 16.6. The quantitative estimate of drug-likeness (QED) is 0.728. The molecule has 0 spiro atoms. The van der Waals surface area contributed by atoms with E-state index in [1.807, 2.05) is 13.8 Å². The van der Waals surface area contributed by atoms with E-state index in [0.29, 0.717) is 6.42 Å². The van der Waals surface area contributed by atoms with E-state index in [1.165, 1.54) is 0 Å². The van der Waals surface area contributed by atoms with Crippen molar-refractivity contribution >= 4 is 11.8 Å². The molecule has 3 rings (SSSR count). The summed E-state index contributed by atoms with van der Waals surface area (Å²) in [6, 6.07) is 0. The Morgan fingerprint density at radius 2 is 2.11 bits per heavy atom. The van der Waals surface area contributed by atoms with E-state index in [1.54, 1.807) is 0 Å². The van der Waals surface area contributed by atoms with Crippen LogP contribution in [0.15, 0.2) is 11.1 Å². The van der Waals surface area contributed by atoms with Gasteiger partial charge >= 0.3 is 5.97 Å². The molecule has 0 bridgehead atoms. The lowest BCUT2D eigenvalue weighted by Crippen LogP contribution is -2.32. The van der Waals surface area contributed by atoms with Crippen LogP contribution in [0.4, 0.5) is 0 Å². The van der Waals surface area contributed by atoms with Crippen LogP contribution in [-0.2, 0) is 14.3 Å². The molecular formula is C15H20O4. The number of aliphatic hydroxyl groups is 1. The van der Waals surface area contributed by atoms with Crippen LogP contribution in [0.1, 0.15) is 33.1 Å². The van der Waals surface area contributed by atoms with Crippen molar-refractivity contribution in [3.8, 4) is 0 Å². The second kappa shape index (κ2) is 4.44. The zero-order valence-corrected chi connectivity index (χ0v) is 11.4. The first-order valence-electron chi connectivity index (χ1n) is 7.08. The van der Waals surface area contributed by atoms with Crippen molar-refractivity contribution in [1.29, 1.82) is 0 Å². The Hall–Kier alpha value is -1.16. The minimum Gasteiger partial charge on any atom is -0.461 e. The second-order valence-corrected chi connectivity index (χ2v) is 6.18. The van der Waals surface area contributed by atoms with Gasteiger partial charge in [0.2, 0.25) is 0 Å². The lowest BCUT2D eigenvalue weighted by molar-refractivity contribution is -0.145. The Balaban J connectivity index is 2.04. The molecule has 0 aromatic rings. The van der Waals surface area contributed by atoms with Gasteiger partial charge in [0.05, 0.1) is 5.92 Å². The monoisotopic (exact) mass is 264 g/mol. The van der Waals surface area contributed by atoms with E-state index in [9.17, 15) is 14.7 Å².